The minimum atomic E-state index is -0.704. The molecule has 0 spiro atoms. The van der Waals surface area contributed by atoms with Gasteiger partial charge in [-0.05, 0) is 55.2 Å². The molecule has 33 heavy (non-hydrogen) atoms. The SMILES string of the molecule is CSCCC(NC(=O)c1ccc(Cl)c([N+](=O)[O-])c1)C(=O)N1CCN(c2cccc(C)c2)CC1. The first kappa shape index (κ1) is 24.9. The molecule has 8 nitrogen and oxygen atoms in total. The molecule has 0 aromatic heterocycles. The van der Waals surface area contributed by atoms with Gasteiger partial charge in [-0.2, -0.15) is 11.8 Å². The van der Waals surface area contributed by atoms with Gasteiger partial charge in [-0.1, -0.05) is 23.7 Å². The predicted molar refractivity (Wildman–Crippen MR) is 132 cm³/mol. The zero-order valence-electron chi connectivity index (χ0n) is 18.6. The smallest absolute Gasteiger partial charge is 0.288 e. The summed E-state index contributed by atoms with van der Waals surface area (Å²) in [7, 11) is 0. The van der Waals surface area contributed by atoms with E-state index in [2.05, 4.69) is 35.3 Å². The first-order valence-corrected chi connectivity index (χ1v) is 12.4. The first-order valence-electron chi connectivity index (χ1n) is 10.6. The Hall–Kier alpha value is -2.78. The van der Waals surface area contributed by atoms with E-state index in [0.29, 0.717) is 38.4 Å². The number of hydrogen-bond acceptors (Lipinski definition) is 6. The zero-order chi connectivity index (χ0) is 24.0. The molecule has 1 unspecified atom stereocenters. The van der Waals surface area contributed by atoms with Gasteiger partial charge in [0.1, 0.15) is 11.1 Å². The monoisotopic (exact) mass is 490 g/mol. The minimum absolute atomic E-state index is 0.0435. The molecular weight excluding hydrogens is 464 g/mol. The topological polar surface area (TPSA) is 95.8 Å². The van der Waals surface area contributed by atoms with Gasteiger partial charge < -0.3 is 15.1 Å². The van der Waals surface area contributed by atoms with Crippen LogP contribution in [-0.2, 0) is 4.79 Å². The fourth-order valence-electron chi connectivity index (χ4n) is 3.76. The largest absolute Gasteiger partial charge is 0.368 e. The number of thioether (sulfide) groups is 1. The van der Waals surface area contributed by atoms with E-state index < -0.39 is 16.9 Å². The van der Waals surface area contributed by atoms with E-state index in [-0.39, 0.29) is 22.2 Å². The summed E-state index contributed by atoms with van der Waals surface area (Å²) in [5.74, 6) is 0.0260. The molecule has 1 saturated heterocycles. The number of amides is 2. The van der Waals surface area contributed by atoms with E-state index >= 15 is 0 Å². The van der Waals surface area contributed by atoms with Crippen molar-refractivity contribution in [2.75, 3.05) is 43.1 Å². The molecule has 3 rings (SSSR count). The molecule has 0 saturated carbocycles. The van der Waals surface area contributed by atoms with Crippen molar-refractivity contribution in [1.29, 1.82) is 0 Å². The number of nitro groups is 1. The van der Waals surface area contributed by atoms with Crippen LogP contribution in [0.15, 0.2) is 42.5 Å². The second-order valence-electron chi connectivity index (χ2n) is 7.88. The van der Waals surface area contributed by atoms with Crippen molar-refractivity contribution in [2.45, 2.75) is 19.4 Å². The van der Waals surface area contributed by atoms with Crippen molar-refractivity contribution >= 4 is 46.6 Å². The highest BCUT2D eigenvalue weighted by atomic mass is 35.5. The van der Waals surface area contributed by atoms with E-state index in [4.69, 9.17) is 11.6 Å². The molecule has 1 heterocycles. The fourth-order valence-corrected chi connectivity index (χ4v) is 4.42. The molecule has 0 bridgehead atoms. The summed E-state index contributed by atoms with van der Waals surface area (Å²) in [4.78, 5) is 40.6. The molecule has 0 aliphatic carbocycles. The summed E-state index contributed by atoms with van der Waals surface area (Å²) in [5.41, 5.74) is 2.08. The number of halogens is 1. The number of benzene rings is 2. The highest BCUT2D eigenvalue weighted by Gasteiger charge is 2.29. The average molecular weight is 491 g/mol. The molecule has 1 aliphatic rings. The van der Waals surface area contributed by atoms with Crippen molar-refractivity contribution < 1.29 is 14.5 Å². The van der Waals surface area contributed by atoms with Crippen molar-refractivity contribution in [3.8, 4) is 0 Å². The normalized spacial score (nSPS) is 14.6. The lowest BCUT2D eigenvalue weighted by molar-refractivity contribution is -0.384. The molecule has 176 valence electrons. The third-order valence-corrected chi connectivity index (χ3v) is 6.54. The van der Waals surface area contributed by atoms with Crippen LogP contribution in [0.2, 0.25) is 5.02 Å². The predicted octanol–water partition coefficient (Wildman–Crippen LogP) is 3.76. The zero-order valence-corrected chi connectivity index (χ0v) is 20.2. The molecule has 2 amide bonds. The van der Waals surface area contributed by atoms with Gasteiger partial charge in [0.05, 0.1) is 4.92 Å². The molecule has 2 aromatic carbocycles. The Kier molecular flexibility index (Phi) is 8.57. The van der Waals surface area contributed by atoms with Gasteiger partial charge in [0.25, 0.3) is 11.6 Å². The Morgan fingerprint density at radius 3 is 2.55 bits per heavy atom. The second kappa shape index (κ2) is 11.4. The number of anilines is 1. The molecule has 1 fully saturated rings. The molecule has 1 N–H and O–H groups in total. The lowest BCUT2D eigenvalue weighted by atomic mass is 10.1. The summed E-state index contributed by atoms with van der Waals surface area (Å²) >= 11 is 7.43. The molecule has 2 aromatic rings. The lowest BCUT2D eigenvalue weighted by Gasteiger charge is -2.37. The fraction of sp³-hybridized carbons (Fsp3) is 0.391. The highest BCUT2D eigenvalue weighted by molar-refractivity contribution is 7.98. The third kappa shape index (κ3) is 6.39. The maximum absolute atomic E-state index is 13.3. The number of nitro benzene ring substituents is 1. The van der Waals surface area contributed by atoms with E-state index in [1.54, 1.807) is 16.7 Å². The number of carbonyl (C=O) groups is 2. The number of carbonyl (C=O) groups excluding carboxylic acids is 2. The van der Waals surface area contributed by atoms with Crippen LogP contribution in [0.3, 0.4) is 0 Å². The molecule has 10 heteroatoms. The first-order chi connectivity index (χ1) is 15.8. The van der Waals surface area contributed by atoms with E-state index in [1.807, 2.05) is 12.3 Å². The van der Waals surface area contributed by atoms with Crippen molar-refractivity contribution in [3.05, 3.63) is 68.7 Å². The van der Waals surface area contributed by atoms with Crippen molar-refractivity contribution in [3.63, 3.8) is 0 Å². The highest BCUT2D eigenvalue weighted by Crippen LogP contribution is 2.25. The summed E-state index contributed by atoms with van der Waals surface area (Å²) in [6.07, 6.45) is 2.41. The lowest BCUT2D eigenvalue weighted by Crippen LogP contribution is -2.55. The van der Waals surface area contributed by atoms with Gasteiger partial charge in [-0.3, -0.25) is 19.7 Å². The summed E-state index contributed by atoms with van der Waals surface area (Å²) < 4.78 is 0. The Balaban J connectivity index is 1.67. The van der Waals surface area contributed by atoms with Gasteiger partial charge in [-0.25, -0.2) is 0 Å². The number of piperazine rings is 1. The molecular formula is C23H27ClN4O4S. The Morgan fingerprint density at radius 1 is 1.18 bits per heavy atom. The number of nitrogens with one attached hydrogen (secondary N) is 1. The van der Waals surface area contributed by atoms with Gasteiger partial charge in [0, 0.05) is 43.5 Å². The van der Waals surface area contributed by atoms with Gasteiger partial charge in [-0.15, -0.1) is 0 Å². The quantitative estimate of drug-likeness (QED) is 0.447. The van der Waals surface area contributed by atoms with Crippen molar-refractivity contribution in [1.82, 2.24) is 10.2 Å². The minimum Gasteiger partial charge on any atom is -0.368 e. The number of aryl methyl sites for hydroxylation is 1. The Labute approximate surface area is 202 Å². The standard InChI is InChI=1S/C23H27ClN4O4S/c1-16-4-3-5-18(14-16)26-9-11-27(12-10-26)23(30)20(8-13-33-2)25-22(29)17-6-7-19(24)21(15-17)28(31)32/h3-7,14-15,20H,8-13H2,1-2H3,(H,25,29). The van der Waals surface area contributed by atoms with Crippen LogP contribution < -0.4 is 10.2 Å². The van der Waals surface area contributed by atoms with Crippen molar-refractivity contribution in [2.24, 2.45) is 0 Å². The van der Waals surface area contributed by atoms with Gasteiger partial charge >= 0.3 is 0 Å². The Morgan fingerprint density at radius 2 is 1.91 bits per heavy atom. The van der Waals surface area contributed by atoms with Crippen LogP contribution in [-0.4, -0.2) is 65.9 Å². The number of rotatable bonds is 8. The second-order valence-corrected chi connectivity index (χ2v) is 9.27. The van der Waals surface area contributed by atoms with Crippen LogP contribution >= 0.6 is 23.4 Å². The number of nitrogens with zero attached hydrogens (tertiary/aromatic N) is 3. The summed E-state index contributed by atoms with van der Waals surface area (Å²) in [6, 6.07) is 11.4. The number of hydrogen-bond donors (Lipinski definition) is 1. The van der Waals surface area contributed by atoms with E-state index in [1.165, 1.54) is 17.7 Å². The van der Waals surface area contributed by atoms with Crippen LogP contribution in [0.5, 0.6) is 0 Å². The van der Waals surface area contributed by atoms with Crippen LogP contribution in [0.1, 0.15) is 22.3 Å². The Bertz CT molecular complexity index is 1030. The molecule has 1 aliphatic heterocycles. The van der Waals surface area contributed by atoms with Crippen LogP contribution in [0.25, 0.3) is 0 Å². The van der Waals surface area contributed by atoms with Gasteiger partial charge in [0.15, 0.2) is 0 Å². The van der Waals surface area contributed by atoms with Gasteiger partial charge in [0.2, 0.25) is 5.91 Å². The molecule has 0 radical (unpaired) electrons. The van der Waals surface area contributed by atoms with E-state index in [0.717, 1.165) is 11.8 Å². The molecule has 1 atom stereocenters. The third-order valence-electron chi connectivity index (χ3n) is 5.58. The summed E-state index contributed by atoms with van der Waals surface area (Å²) in [5, 5.41) is 13.9. The maximum atomic E-state index is 13.3. The van der Waals surface area contributed by atoms with Crippen LogP contribution in [0, 0.1) is 17.0 Å². The summed E-state index contributed by atoms with van der Waals surface area (Å²) in [6.45, 7) is 4.59. The average Bonchev–Trinajstić information content (AvgIpc) is 2.81. The maximum Gasteiger partial charge on any atom is 0.288 e. The van der Waals surface area contributed by atoms with Crippen LogP contribution in [0.4, 0.5) is 11.4 Å². The van der Waals surface area contributed by atoms with E-state index in [9.17, 15) is 19.7 Å².